The molecular formula is C87H107N19O16Tb+. The number of carbonyl (C=O) groups is 11. The summed E-state index contributed by atoms with van der Waals surface area (Å²) in [5.41, 5.74) is 7.92. The molecule has 12 bridgehead atoms. The number of nitrogens with two attached hydrogens (primary N) is 1. The zero-order chi connectivity index (χ0) is 85.6. The van der Waals surface area contributed by atoms with Crippen molar-refractivity contribution in [2.45, 2.75) is 104 Å². The largest absolute Gasteiger partial charge is 3.00 e. The monoisotopic (exact) mass is 1830 g/mol. The van der Waals surface area contributed by atoms with Gasteiger partial charge >= 0.3 is 38.6 Å². The van der Waals surface area contributed by atoms with Gasteiger partial charge in [-0.05, 0) is 78.8 Å². The summed E-state index contributed by atoms with van der Waals surface area (Å²) in [4.78, 5) is 175. The van der Waals surface area contributed by atoms with Gasteiger partial charge in [0.15, 0.2) is 11.2 Å². The van der Waals surface area contributed by atoms with Crippen LogP contribution in [0.25, 0.3) is 11.2 Å². The van der Waals surface area contributed by atoms with E-state index < -0.39 is 76.3 Å². The third-order valence-electron chi connectivity index (χ3n) is 21.3. The number of benzene rings is 6. The second-order valence-electron chi connectivity index (χ2n) is 29.9. The number of amides is 10. The third kappa shape index (κ3) is 28.1. The molecule has 4 aliphatic rings. The van der Waals surface area contributed by atoms with Crippen LogP contribution in [0.4, 0.5) is 5.95 Å². The number of nitrogens with zero attached hydrogens (tertiary/aromatic N) is 7. The van der Waals surface area contributed by atoms with Gasteiger partial charge in [0, 0.05) is 191 Å². The number of carbonyl (C=O) groups excluding carboxylic acids is 11. The Hall–Kier alpha value is -11.8. The molecule has 123 heavy (non-hydrogen) atoms. The van der Waals surface area contributed by atoms with Gasteiger partial charge in [-0.1, -0.05) is 130 Å². The fraction of sp³-hybridized carbons (Fsp3) is 0.402. The number of phenols is 2. The number of anilines is 1. The number of Topliss-reactive ketones (excluding diaryl/α,β-unsaturated/α-hetero) is 1. The summed E-state index contributed by atoms with van der Waals surface area (Å²) in [7, 11) is 0. The number of unbranched alkanes of at least 4 members (excludes halogenated alkanes) is 5. The Kier molecular flexibility index (Phi) is 37.2. The molecule has 6 aromatic carbocycles. The van der Waals surface area contributed by atoms with Crippen molar-refractivity contribution in [3.05, 3.63) is 194 Å². The zero-order valence-corrected chi connectivity index (χ0v) is 69.8. The van der Waals surface area contributed by atoms with Gasteiger partial charge in [-0.2, -0.15) is 9.97 Å². The summed E-state index contributed by atoms with van der Waals surface area (Å²) in [6, 6.07) is 30.4. The number of nitrogens with one attached hydrogen (secondary N) is 11. The number of rotatable bonds is 21. The summed E-state index contributed by atoms with van der Waals surface area (Å²) >= 11 is 0. The first-order valence-corrected chi connectivity index (χ1v) is 40.9. The van der Waals surface area contributed by atoms with Gasteiger partial charge < -0.3 is 89.0 Å². The maximum Gasteiger partial charge on any atom is 3.00 e. The van der Waals surface area contributed by atoms with Crippen molar-refractivity contribution in [3.8, 4) is 28.9 Å². The van der Waals surface area contributed by atoms with Crippen LogP contribution in [0.3, 0.4) is 0 Å². The van der Waals surface area contributed by atoms with Gasteiger partial charge in [-0.25, -0.2) is 4.98 Å². The van der Waals surface area contributed by atoms with E-state index in [0.717, 1.165) is 29.5 Å². The van der Waals surface area contributed by atoms with E-state index in [1.54, 1.807) is 24.3 Å². The van der Waals surface area contributed by atoms with E-state index in [0.29, 0.717) is 81.1 Å². The number of hydrogen-bond acceptors (Lipinski definition) is 24. The van der Waals surface area contributed by atoms with Crippen LogP contribution in [0, 0.1) is 38.6 Å². The molecular weight excluding hydrogens is 1730 g/mol. The van der Waals surface area contributed by atoms with Crippen molar-refractivity contribution in [1.29, 1.82) is 0 Å². The van der Waals surface area contributed by atoms with Crippen molar-refractivity contribution in [2.24, 2.45) is 0 Å². The summed E-state index contributed by atoms with van der Waals surface area (Å²) in [6.45, 7) is 2.04. The number of para-hydroxylation sites is 4. The van der Waals surface area contributed by atoms with Crippen LogP contribution in [-0.4, -0.2) is 245 Å². The molecule has 5 unspecified atom stereocenters. The summed E-state index contributed by atoms with van der Waals surface area (Å²) in [5, 5.41) is 80.0. The second kappa shape index (κ2) is 48.1. The summed E-state index contributed by atoms with van der Waals surface area (Å²) in [6.07, 6.45) is 7.08. The topological polar surface area (TPSA) is 497 Å². The van der Waals surface area contributed by atoms with E-state index >= 15 is 0 Å². The first-order valence-electron chi connectivity index (χ1n) is 40.9. The molecule has 35 nitrogen and oxygen atoms in total. The average molecular weight is 1830 g/mol. The fourth-order valence-electron chi connectivity index (χ4n) is 14.4. The maximum atomic E-state index is 14.7. The van der Waals surface area contributed by atoms with Gasteiger partial charge in [-0.15, -0.1) is 0 Å². The quantitative estimate of drug-likeness (QED) is 0.0459. The number of fused-ring (bicyclic) bond motifs is 17. The number of aromatic hydroxyl groups is 2. The Morgan fingerprint density at radius 2 is 0.813 bits per heavy atom. The Morgan fingerprint density at radius 1 is 0.447 bits per heavy atom. The number of ketones is 1. The molecule has 5 atom stereocenters. The van der Waals surface area contributed by atoms with Crippen molar-refractivity contribution in [3.63, 3.8) is 0 Å². The molecule has 10 amide bonds. The van der Waals surface area contributed by atoms with E-state index in [4.69, 9.17) is 10.5 Å². The van der Waals surface area contributed by atoms with E-state index in [1.165, 1.54) is 79.1 Å². The molecule has 2 aromatic heterocycles. The first-order chi connectivity index (χ1) is 58.6. The number of hydrogen-bond donors (Lipinski definition) is 14. The standard InChI is InChI=1S/C86H105N19O16.CH4.Tb/c87-86-100-75-70(97-54-98-75)85(101-86)121-53-57-26-24-55(25-27-57)51-96-76(112)58-30-28-56(29-31-58)50-95-69(107)23-7-2-1-5-13-60(106)14-6-3-4-12-59-52-105-45-38-94-82(118)66-20-10-19-65(73(66)110)79(115)90-34-41-103(42-35-93-83(119)67-21-11-22-68(74(67)111)84(120)99-59)47-46-102-39-32-88-77(113)61-15-8-17-63(71(61)108)80(116)91-36-43-104(48-49-105)44-37-92-81(117)64-18-9-16-62(72(64)109)78(114)89-33-40-102;;/h8-11,15-22,24-31,54,59,108-111H,1-7,12-14,23,32-53H2,(H,88,113)(H,89,114)(H,90,115)(H,91,116)(H,92,117)(H,93,119)(H,94,118)(H,95,107)(H,96,112)(H,99,120)(H3,87,97,98,100,101);1H4;/q;;+3/p-2. The van der Waals surface area contributed by atoms with E-state index in [1.807, 2.05) is 43.9 Å². The van der Waals surface area contributed by atoms with Gasteiger partial charge in [-0.3, -0.25) is 72.3 Å². The van der Waals surface area contributed by atoms with E-state index in [2.05, 4.69) is 73.1 Å². The number of H-pyrrole nitrogens is 1. The van der Waals surface area contributed by atoms with Gasteiger partial charge in [0.05, 0.1) is 28.6 Å². The number of ether oxygens (including phenoxy) is 1. The normalized spacial score (nSPS) is 18.3. The molecule has 36 heteroatoms. The Balaban J connectivity index is 0.00000858. The molecule has 4 aliphatic heterocycles. The average Bonchev–Trinajstić information content (AvgIpc) is 1.72. The molecule has 0 saturated heterocycles. The minimum Gasteiger partial charge on any atom is -0.871 e. The first kappa shape index (κ1) is 95.0. The van der Waals surface area contributed by atoms with Crippen LogP contribution in [0.15, 0.2) is 128 Å². The molecule has 654 valence electrons. The molecule has 15 N–H and O–H groups in total. The number of imidazole rings is 1. The van der Waals surface area contributed by atoms with Gasteiger partial charge in [0.25, 0.3) is 53.2 Å². The molecule has 0 fully saturated rings. The Bertz CT molecular complexity index is 4910. The van der Waals surface area contributed by atoms with Crippen molar-refractivity contribution in [1.82, 2.24) is 92.7 Å². The van der Waals surface area contributed by atoms with Crippen molar-refractivity contribution >= 4 is 82.0 Å². The molecule has 0 aliphatic carbocycles. The van der Waals surface area contributed by atoms with Gasteiger partial charge in [0.1, 0.15) is 23.9 Å². The molecule has 0 radical (unpaired) electrons. The van der Waals surface area contributed by atoms with Crippen LogP contribution in [-0.2, 0) is 29.3 Å². The molecule has 8 aromatic rings. The Morgan fingerprint density at radius 3 is 1.26 bits per heavy atom. The molecule has 0 saturated carbocycles. The molecule has 12 rings (SSSR count). The van der Waals surface area contributed by atoms with E-state index in [9.17, 15) is 73.2 Å². The number of aromatic amines is 1. The fourth-order valence-corrected chi connectivity index (χ4v) is 14.4. The smallest absolute Gasteiger partial charge is 0.871 e. The summed E-state index contributed by atoms with van der Waals surface area (Å²) < 4.78 is 5.87. The molecule has 6 heterocycles. The van der Waals surface area contributed by atoms with Crippen LogP contribution >= 0.6 is 0 Å². The SMILES string of the molecule is C.Nc1nc(OCc2ccc(CNC(=O)c3ccc(CNC(=O)CCCCCCC(=O)CCCCCC4CN5CCNC(=O)c6cccc(c6[O-])C(=O)NCCN(CCNC(=O)c6cccc(c6O)C(=O)N4)CCN4CCNC(=O)c6cccc(c6[O-])C(=O)NCCN(CCNC(=O)c6cccc(c6O)C(=O)NCC4)CC5)cc3)cc2)c2nc[nH]c2n1.[Tb+3]. The molecule has 0 spiro atoms. The van der Waals surface area contributed by atoms with Crippen LogP contribution in [0.5, 0.6) is 28.9 Å². The van der Waals surface area contributed by atoms with Crippen molar-refractivity contribution in [2.75, 3.05) is 130 Å². The maximum absolute atomic E-state index is 14.7. The number of nitrogen functional groups attached to an aromatic ring is 1. The number of aromatic nitrogens is 4. The zero-order valence-electron chi connectivity index (χ0n) is 67.7. The van der Waals surface area contributed by atoms with Crippen molar-refractivity contribution < 1.29 is 117 Å². The van der Waals surface area contributed by atoms with Crippen LogP contribution < -0.4 is 73.9 Å². The minimum atomic E-state index is -0.812. The van der Waals surface area contributed by atoms with Crippen LogP contribution in [0.2, 0.25) is 0 Å². The van der Waals surface area contributed by atoms with Crippen LogP contribution in [0.1, 0.15) is 188 Å². The number of phenolic OH excluding ortho intramolecular Hbond substituents is 2. The third-order valence-corrected chi connectivity index (χ3v) is 21.3. The minimum absolute atomic E-state index is 0. The predicted molar refractivity (Wildman–Crippen MR) is 450 cm³/mol. The second-order valence-corrected chi connectivity index (χ2v) is 29.9. The Labute approximate surface area is 743 Å². The summed E-state index contributed by atoms with van der Waals surface area (Å²) in [5.74, 6) is -8.52. The van der Waals surface area contributed by atoms with Gasteiger partial charge in [0.2, 0.25) is 17.7 Å². The van der Waals surface area contributed by atoms with E-state index in [-0.39, 0.29) is 257 Å². The predicted octanol–water partition coefficient (Wildman–Crippen LogP) is 3.37.